The Morgan fingerprint density at radius 1 is 1.29 bits per heavy atom. The van der Waals surface area contributed by atoms with E-state index in [-0.39, 0.29) is 0 Å². The van der Waals surface area contributed by atoms with Crippen LogP contribution < -0.4 is 5.32 Å². The fourth-order valence-electron chi connectivity index (χ4n) is 1.47. The summed E-state index contributed by atoms with van der Waals surface area (Å²) in [6, 6.07) is 8.53. The van der Waals surface area contributed by atoms with Gasteiger partial charge in [0.15, 0.2) is 0 Å². The second kappa shape index (κ2) is 4.51. The molecule has 2 nitrogen and oxygen atoms in total. The minimum Gasteiger partial charge on any atom is -0.370 e. The minimum absolute atomic E-state index is 0.951. The largest absolute Gasteiger partial charge is 0.370 e. The zero-order valence-corrected chi connectivity index (χ0v) is 9.10. The Hall–Kier alpha value is -0.960. The van der Waals surface area contributed by atoms with Crippen molar-refractivity contribution in [3.8, 4) is 0 Å². The molecule has 1 aliphatic rings. The topological polar surface area (TPSA) is 24.4 Å². The number of hydrogen-bond donors (Lipinski definition) is 1. The molecule has 1 heterocycles. The Bertz CT molecular complexity index is 330. The molecule has 1 aromatic rings. The molecule has 0 amide bonds. The van der Waals surface area contributed by atoms with Crippen molar-refractivity contribution in [2.45, 2.75) is 11.3 Å². The standard InChI is InChI=1S/C11H14N2S/c1-14-10-5-3-9(4-6-10)11-12-7-2-8-13-11/h3-6H,2,7-8H2,1H3,(H,12,13). The highest BCUT2D eigenvalue weighted by Gasteiger charge is 2.05. The highest BCUT2D eigenvalue weighted by molar-refractivity contribution is 7.98. The van der Waals surface area contributed by atoms with Gasteiger partial charge in [-0.3, -0.25) is 4.99 Å². The van der Waals surface area contributed by atoms with Crippen molar-refractivity contribution in [1.82, 2.24) is 5.32 Å². The van der Waals surface area contributed by atoms with Crippen LogP contribution in [0.3, 0.4) is 0 Å². The summed E-state index contributed by atoms with van der Waals surface area (Å²) in [6.07, 6.45) is 3.23. The van der Waals surface area contributed by atoms with Crippen molar-refractivity contribution < 1.29 is 0 Å². The van der Waals surface area contributed by atoms with Gasteiger partial charge in [0, 0.05) is 23.5 Å². The van der Waals surface area contributed by atoms with Gasteiger partial charge in [0.2, 0.25) is 0 Å². The van der Waals surface area contributed by atoms with Gasteiger partial charge in [-0.2, -0.15) is 0 Å². The summed E-state index contributed by atoms with van der Waals surface area (Å²) < 4.78 is 0. The third-order valence-corrected chi connectivity index (χ3v) is 3.00. The molecule has 0 saturated heterocycles. The van der Waals surface area contributed by atoms with Crippen LogP contribution in [0.2, 0.25) is 0 Å². The van der Waals surface area contributed by atoms with E-state index in [1.54, 1.807) is 11.8 Å². The second-order valence-electron chi connectivity index (χ2n) is 3.24. The quantitative estimate of drug-likeness (QED) is 0.750. The molecule has 1 aromatic carbocycles. The van der Waals surface area contributed by atoms with E-state index >= 15 is 0 Å². The molecule has 0 aromatic heterocycles. The lowest BCUT2D eigenvalue weighted by atomic mass is 10.2. The average Bonchev–Trinajstić information content (AvgIpc) is 2.30. The van der Waals surface area contributed by atoms with Gasteiger partial charge in [-0.15, -0.1) is 11.8 Å². The smallest absolute Gasteiger partial charge is 0.128 e. The van der Waals surface area contributed by atoms with Crippen molar-refractivity contribution in [3.05, 3.63) is 29.8 Å². The van der Waals surface area contributed by atoms with Crippen molar-refractivity contribution in [1.29, 1.82) is 0 Å². The molecule has 0 spiro atoms. The Kier molecular flexibility index (Phi) is 3.09. The number of nitrogens with one attached hydrogen (secondary N) is 1. The molecule has 0 atom stereocenters. The molecule has 3 heteroatoms. The molecule has 2 rings (SSSR count). The SMILES string of the molecule is CSc1ccc(C2=NCCCN2)cc1. The van der Waals surface area contributed by atoms with Gasteiger partial charge >= 0.3 is 0 Å². The maximum atomic E-state index is 4.45. The van der Waals surface area contributed by atoms with Crippen LogP contribution in [0, 0.1) is 0 Å². The molecule has 14 heavy (non-hydrogen) atoms. The molecule has 0 aliphatic carbocycles. The van der Waals surface area contributed by atoms with E-state index in [2.05, 4.69) is 40.8 Å². The number of rotatable bonds is 2. The van der Waals surface area contributed by atoms with Gasteiger partial charge in [-0.05, 0) is 24.8 Å². The van der Waals surface area contributed by atoms with Crippen molar-refractivity contribution >= 4 is 17.6 Å². The minimum atomic E-state index is 0.951. The summed E-state index contributed by atoms with van der Waals surface area (Å²) in [4.78, 5) is 5.75. The Morgan fingerprint density at radius 3 is 2.64 bits per heavy atom. The van der Waals surface area contributed by atoms with E-state index < -0.39 is 0 Å². The van der Waals surface area contributed by atoms with Gasteiger partial charge in [0.25, 0.3) is 0 Å². The molecule has 0 bridgehead atoms. The monoisotopic (exact) mass is 206 g/mol. The zero-order chi connectivity index (χ0) is 9.80. The Morgan fingerprint density at radius 2 is 2.07 bits per heavy atom. The third kappa shape index (κ3) is 2.10. The lowest BCUT2D eigenvalue weighted by molar-refractivity contribution is 0.742. The highest BCUT2D eigenvalue weighted by atomic mass is 32.2. The lowest BCUT2D eigenvalue weighted by Gasteiger charge is -2.14. The van der Waals surface area contributed by atoms with Gasteiger partial charge in [0.1, 0.15) is 5.84 Å². The van der Waals surface area contributed by atoms with Crippen LogP contribution >= 0.6 is 11.8 Å². The van der Waals surface area contributed by atoms with E-state index in [0.29, 0.717) is 0 Å². The molecule has 0 saturated carbocycles. The van der Waals surface area contributed by atoms with E-state index in [1.807, 2.05) is 0 Å². The Labute approximate surface area is 88.8 Å². The predicted octanol–water partition coefficient (Wildman–Crippen LogP) is 2.15. The van der Waals surface area contributed by atoms with Gasteiger partial charge in [-0.1, -0.05) is 12.1 Å². The number of amidine groups is 1. The summed E-state index contributed by atoms with van der Waals surface area (Å²) in [5, 5.41) is 3.32. The van der Waals surface area contributed by atoms with Crippen LogP contribution in [0.25, 0.3) is 0 Å². The molecule has 74 valence electrons. The van der Waals surface area contributed by atoms with Crippen molar-refractivity contribution in [2.24, 2.45) is 4.99 Å². The number of benzene rings is 1. The first-order valence-electron chi connectivity index (χ1n) is 4.83. The summed E-state index contributed by atoms with van der Waals surface area (Å²) in [6.45, 7) is 2.00. The van der Waals surface area contributed by atoms with Crippen LogP contribution in [-0.2, 0) is 0 Å². The maximum absolute atomic E-state index is 4.45. The first-order valence-corrected chi connectivity index (χ1v) is 6.05. The van der Waals surface area contributed by atoms with Gasteiger partial charge in [-0.25, -0.2) is 0 Å². The average molecular weight is 206 g/mol. The maximum Gasteiger partial charge on any atom is 0.128 e. The van der Waals surface area contributed by atoms with Crippen LogP contribution in [0.5, 0.6) is 0 Å². The van der Waals surface area contributed by atoms with E-state index in [4.69, 9.17) is 0 Å². The molecule has 1 aliphatic heterocycles. The van der Waals surface area contributed by atoms with Gasteiger partial charge < -0.3 is 5.32 Å². The first-order chi connectivity index (χ1) is 6.90. The molecule has 1 N–H and O–H groups in total. The highest BCUT2D eigenvalue weighted by Crippen LogP contribution is 2.15. The van der Waals surface area contributed by atoms with Crippen LogP contribution in [0.1, 0.15) is 12.0 Å². The summed E-state index contributed by atoms with van der Waals surface area (Å²) in [7, 11) is 0. The van der Waals surface area contributed by atoms with Crippen LogP contribution in [0.4, 0.5) is 0 Å². The van der Waals surface area contributed by atoms with E-state index in [1.165, 1.54) is 10.5 Å². The fraction of sp³-hybridized carbons (Fsp3) is 0.364. The van der Waals surface area contributed by atoms with E-state index in [0.717, 1.165) is 25.3 Å². The summed E-state index contributed by atoms with van der Waals surface area (Å²) >= 11 is 1.76. The normalized spacial score (nSPS) is 15.9. The van der Waals surface area contributed by atoms with Gasteiger partial charge in [0.05, 0.1) is 0 Å². The fourth-order valence-corrected chi connectivity index (χ4v) is 1.88. The summed E-state index contributed by atoms with van der Waals surface area (Å²) in [5.74, 6) is 1.05. The first kappa shape index (κ1) is 9.59. The second-order valence-corrected chi connectivity index (χ2v) is 4.12. The molecular weight excluding hydrogens is 192 g/mol. The summed E-state index contributed by atoms with van der Waals surface area (Å²) in [5.41, 5.74) is 1.20. The van der Waals surface area contributed by atoms with Crippen molar-refractivity contribution in [3.63, 3.8) is 0 Å². The predicted molar refractivity (Wildman–Crippen MR) is 62.2 cm³/mol. The molecule has 0 unspecified atom stereocenters. The zero-order valence-electron chi connectivity index (χ0n) is 8.29. The number of hydrogen-bond acceptors (Lipinski definition) is 3. The Balaban J connectivity index is 2.19. The third-order valence-electron chi connectivity index (χ3n) is 2.26. The van der Waals surface area contributed by atoms with Crippen LogP contribution in [0.15, 0.2) is 34.2 Å². The molecular formula is C11H14N2S. The number of aliphatic imine (C=N–C) groups is 1. The molecule has 0 radical (unpaired) electrons. The van der Waals surface area contributed by atoms with E-state index in [9.17, 15) is 0 Å². The number of thioether (sulfide) groups is 1. The lowest BCUT2D eigenvalue weighted by Crippen LogP contribution is -2.30. The van der Waals surface area contributed by atoms with Crippen molar-refractivity contribution in [2.75, 3.05) is 19.3 Å². The molecule has 0 fully saturated rings. The van der Waals surface area contributed by atoms with Crippen LogP contribution in [-0.4, -0.2) is 25.2 Å². The number of nitrogens with zero attached hydrogens (tertiary/aromatic N) is 1.